The fourth-order valence-corrected chi connectivity index (χ4v) is 7.30. The maximum absolute atomic E-state index is 13.9. The molecule has 0 aromatic heterocycles. The molecule has 2 heterocycles. The lowest BCUT2D eigenvalue weighted by atomic mass is 9.87. The van der Waals surface area contributed by atoms with Gasteiger partial charge in [-0.05, 0) is 56.1 Å². The van der Waals surface area contributed by atoms with Crippen molar-refractivity contribution < 1.29 is 32.7 Å². The van der Waals surface area contributed by atoms with Crippen LogP contribution in [0.25, 0.3) is 0 Å². The van der Waals surface area contributed by atoms with Gasteiger partial charge in [-0.1, -0.05) is 64.0 Å². The smallest absolute Gasteiger partial charge is 0.330 e. The van der Waals surface area contributed by atoms with Crippen molar-refractivity contribution in [2.75, 3.05) is 20.1 Å². The van der Waals surface area contributed by atoms with Crippen LogP contribution < -0.4 is 16.0 Å². The number of carboxylic acid groups (broad SMARTS) is 1. The number of benzene rings is 1. The average molecular weight is 646 g/mol. The Morgan fingerprint density at radius 1 is 1.11 bits per heavy atom. The zero-order valence-electron chi connectivity index (χ0n) is 26.6. The summed E-state index contributed by atoms with van der Waals surface area (Å²) in [5.41, 5.74) is -1.89. The molecule has 45 heavy (non-hydrogen) atoms. The monoisotopic (exact) mass is 645 g/mol. The van der Waals surface area contributed by atoms with Crippen LogP contribution >= 0.6 is 0 Å². The number of fused-ring (bicyclic) bond motifs is 2. The third-order valence-corrected chi connectivity index (χ3v) is 11.0. The van der Waals surface area contributed by atoms with E-state index >= 15 is 0 Å². The van der Waals surface area contributed by atoms with Crippen molar-refractivity contribution in [3.05, 3.63) is 42.5 Å². The van der Waals surface area contributed by atoms with Crippen molar-refractivity contribution in [2.24, 2.45) is 11.3 Å². The van der Waals surface area contributed by atoms with Crippen LogP contribution in [0.5, 0.6) is 0 Å². The van der Waals surface area contributed by atoms with E-state index in [4.69, 9.17) is 0 Å². The van der Waals surface area contributed by atoms with Gasteiger partial charge in [0.15, 0.2) is 0 Å². The number of hydrogen-bond donors (Lipinski definition) is 4. The molecule has 0 spiro atoms. The predicted octanol–water partition coefficient (Wildman–Crippen LogP) is 2.86. The second kappa shape index (κ2) is 13.9. The van der Waals surface area contributed by atoms with Crippen LogP contribution in [0.15, 0.2) is 47.4 Å². The van der Waals surface area contributed by atoms with Crippen molar-refractivity contribution in [1.82, 2.24) is 25.2 Å². The first-order valence-corrected chi connectivity index (χ1v) is 17.2. The van der Waals surface area contributed by atoms with Crippen LogP contribution in [-0.2, 0) is 24.4 Å². The van der Waals surface area contributed by atoms with Gasteiger partial charge in [-0.15, -0.1) is 0 Å². The molecule has 4 amide bonds. The fraction of sp³-hybridized carbons (Fsp3) is 0.625. The van der Waals surface area contributed by atoms with Crippen molar-refractivity contribution in [2.45, 2.75) is 101 Å². The van der Waals surface area contributed by atoms with Crippen molar-refractivity contribution in [3.63, 3.8) is 0 Å². The molecule has 0 bridgehead atoms. The minimum absolute atomic E-state index is 0.000963. The number of urea groups is 1. The van der Waals surface area contributed by atoms with Gasteiger partial charge in [0.25, 0.3) is 0 Å². The minimum atomic E-state index is -3.80. The van der Waals surface area contributed by atoms with E-state index in [1.165, 1.54) is 28.4 Å². The van der Waals surface area contributed by atoms with Gasteiger partial charge in [0.1, 0.15) is 17.6 Å². The number of nitrogens with zero attached hydrogens (tertiary/aromatic N) is 2. The largest absolute Gasteiger partial charge is 0.479 e. The van der Waals surface area contributed by atoms with Crippen LogP contribution in [0.4, 0.5) is 4.79 Å². The maximum atomic E-state index is 13.9. The van der Waals surface area contributed by atoms with Crippen molar-refractivity contribution in [1.29, 1.82) is 0 Å². The number of aliphatic carboxylic acids is 1. The third-order valence-electron chi connectivity index (χ3n) is 9.16. The van der Waals surface area contributed by atoms with Gasteiger partial charge >= 0.3 is 12.0 Å². The number of rotatable bonds is 7. The molecule has 1 saturated carbocycles. The van der Waals surface area contributed by atoms with Gasteiger partial charge in [0.2, 0.25) is 21.8 Å². The van der Waals surface area contributed by atoms with Gasteiger partial charge in [0.05, 0.1) is 4.90 Å². The normalized spacial score (nSPS) is 27.7. The Bertz CT molecular complexity index is 1390. The second-order valence-electron chi connectivity index (χ2n) is 13.5. The SMILES string of the molecule is CN(CC(NC(=O)N[C@H]1CCCCC/C=C\C2C[C@@]2(C(=O)O)NC(=O)C2CCCN2C1=O)C(C)(C)C)S(=O)(=O)c1ccccc1. The first-order chi connectivity index (χ1) is 21.2. The number of amides is 4. The van der Waals surface area contributed by atoms with Crippen LogP contribution in [0, 0.1) is 11.3 Å². The van der Waals surface area contributed by atoms with Gasteiger partial charge in [-0.25, -0.2) is 18.0 Å². The molecule has 248 valence electrons. The molecule has 1 aliphatic carbocycles. The summed E-state index contributed by atoms with van der Waals surface area (Å²) >= 11 is 0. The summed E-state index contributed by atoms with van der Waals surface area (Å²) in [5, 5.41) is 18.4. The average Bonchev–Trinajstić information content (AvgIpc) is 3.45. The molecule has 2 fully saturated rings. The molecule has 1 saturated heterocycles. The highest BCUT2D eigenvalue weighted by Crippen LogP contribution is 2.45. The number of nitrogens with one attached hydrogen (secondary N) is 3. The first kappa shape index (κ1) is 34.4. The number of sulfonamides is 1. The topological polar surface area (TPSA) is 165 Å². The lowest BCUT2D eigenvalue weighted by molar-refractivity contribution is -0.145. The summed E-state index contributed by atoms with van der Waals surface area (Å²) in [6, 6.07) is 5.13. The Morgan fingerprint density at radius 3 is 2.49 bits per heavy atom. The number of carbonyl (C=O) groups is 4. The third kappa shape index (κ3) is 8.04. The van der Waals surface area contributed by atoms with Gasteiger partial charge < -0.3 is 26.0 Å². The molecule has 13 heteroatoms. The molecule has 3 unspecified atom stereocenters. The summed E-state index contributed by atoms with van der Waals surface area (Å²) in [4.78, 5) is 54.4. The van der Waals surface area contributed by atoms with E-state index < -0.39 is 57.0 Å². The number of hydrogen-bond acceptors (Lipinski definition) is 6. The molecule has 1 aromatic carbocycles. The number of carboxylic acids is 1. The van der Waals surface area contributed by atoms with E-state index in [0.717, 1.165) is 19.3 Å². The Hall–Kier alpha value is -3.45. The van der Waals surface area contributed by atoms with Crippen molar-refractivity contribution in [3.8, 4) is 0 Å². The summed E-state index contributed by atoms with van der Waals surface area (Å²) in [6.07, 6.45) is 8.54. The van der Waals surface area contributed by atoms with Crippen molar-refractivity contribution >= 4 is 33.8 Å². The van der Waals surface area contributed by atoms with E-state index in [9.17, 15) is 32.7 Å². The van der Waals surface area contributed by atoms with Crippen LogP contribution in [0.1, 0.15) is 72.1 Å². The van der Waals surface area contributed by atoms with E-state index in [1.54, 1.807) is 18.2 Å². The summed E-state index contributed by atoms with van der Waals surface area (Å²) < 4.78 is 27.6. The van der Waals surface area contributed by atoms with E-state index in [2.05, 4.69) is 16.0 Å². The Kier molecular flexibility index (Phi) is 10.6. The number of likely N-dealkylation sites (N-methyl/N-ethyl adjacent to an activating group) is 1. The summed E-state index contributed by atoms with van der Waals surface area (Å²) in [6.45, 7) is 6.01. The molecule has 5 atom stereocenters. The number of allylic oxidation sites excluding steroid dienone is 1. The molecule has 4 N–H and O–H groups in total. The highest BCUT2D eigenvalue weighted by molar-refractivity contribution is 7.89. The van der Waals surface area contributed by atoms with Gasteiger partial charge in [-0.2, -0.15) is 4.31 Å². The minimum Gasteiger partial charge on any atom is -0.479 e. The standard InChI is InChI=1S/C32H47N5O7S/c1-31(2,3)26(21-36(4)45(43,44)23-15-10-8-11-16-23)34-30(42)33-24-17-12-7-5-6-9-14-22-20-32(22,29(40)41)35-27(38)25-18-13-19-37(25)28(24)39/h8-11,14-16,22,24-26H,5-7,12-13,17-21H2,1-4H3,(H,35,38)(H,40,41)(H2,33,34,42)/b14-9-/t22?,24-,25?,26?,32+/m0/s1. The highest BCUT2D eigenvalue weighted by Gasteiger charge is 2.61. The van der Waals surface area contributed by atoms with Crippen LogP contribution in [0.2, 0.25) is 0 Å². The molecular weight excluding hydrogens is 598 g/mol. The van der Waals surface area contributed by atoms with E-state index in [0.29, 0.717) is 38.6 Å². The molecule has 12 nitrogen and oxygen atoms in total. The lowest BCUT2D eigenvalue weighted by Gasteiger charge is -2.35. The molecule has 2 aliphatic heterocycles. The fourth-order valence-electron chi connectivity index (χ4n) is 6.10. The summed E-state index contributed by atoms with van der Waals surface area (Å²) in [7, 11) is -2.33. The quantitative estimate of drug-likeness (QED) is 0.331. The lowest BCUT2D eigenvalue weighted by Crippen LogP contribution is -2.59. The Labute approximate surface area is 266 Å². The highest BCUT2D eigenvalue weighted by atomic mass is 32.2. The zero-order valence-corrected chi connectivity index (χ0v) is 27.4. The van der Waals surface area contributed by atoms with E-state index in [1.807, 2.05) is 32.9 Å². The molecule has 0 radical (unpaired) electrons. The maximum Gasteiger partial charge on any atom is 0.330 e. The van der Waals surface area contributed by atoms with Crippen LogP contribution in [-0.4, -0.2) is 90.3 Å². The second-order valence-corrected chi connectivity index (χ2v) is 15.6. The molecule has 1 aromatic rings. The van der Waals surface area contributed by atoms with Gasteiger partial charge in [0, 0.05) is 32.1 Å². The van der Waals surface area contributed by atoms with Crippen LogP contribution in [0.3, 0.4) is 0 Å². The molecule has 3 aliphatic rings. The molecule has 4 rings (SSSR count). The first-order valence-electron chi connectivity index (χ1n) is 15.8. The van der Waals surface area contributed by atoms with E-state index in [-0.39, 0.29) is 23.3 Å². The Morgan fingerprint density at radius 2 is 1.82 bits per heavy atom. The predicted molar refractivity (Wildman–Crippen MR) is 169 cm³/mol. The number of carbonyl (C=O) groups excluding carboxylic acids is 3. The zero-order chi connectivity index (χ0) is 33.0. The Balaban J connectivity index is 1.49. The summed E-state index contributed by atoms with van der Waals surface area (Å²) in [5.74, 6) is -2.25. The van der Waals surface area contributed by atoms with Gasteiger partial charge in [-0.3, -0.25) is 9.59 Å². The molecular formula is C32H47N5O7S.